The van der Waals surface area contributed by atoms with Crippen LogP contribution in [0.2, 0.25) is 0 Å². The summed E-state index contributed by atoms with van der Waals surface area (Å²) in [5, 5.41) is 16.2. The molecule has 0 saturated heterocycles. The Bertz CT molecular complexity index is 1390. The first kappa shape index (κ1) is 20.1. The first-order chi connectivity index (χ1) is 15.0. The Morgan fingerprint density at radius 1 is 1.26 bits per heavy atom. The normalized spacial score (nSPS) is 13.2. The molecule has 0 amide bonds. The van der Waals surface area contributed by atoms with Gasteiger partial charge in [-0.2, -0.15) is 10.2 Å². The summed E-state index contributed by atoms with van der Waals surface area (Å²) in [6.45, 7) is 13.9. The van der Waals surface area contributed by atoms with Crippen molar-refractivity contribution < 1.29 is 0 Å². The van der Waals surface area contributed by atoms with Crippen LogP contribution in [0.15, 0.2) is 50.2 Å². The van der Waals surface area contributed by atoms with Gasteiger partial charge >= 0.3 is 0 Å². The van der Waals surface area contributed by atoms with Crippen LogP contribution in [0.25, 0.3) is 34.9 Å². The molecule has 0 bridgehead atoms. The van der Waals surface area contributed by atoms with E-state index < -0.39 is 0 Å². The maximum absolute atomic E-state index is 4.88. The highest BCUT2D eigenvalue weighted by atomic mass is 15.1. The van der Waals surface area contributed by atoms with Crippen LogP contribution in [0.3, 0.4) is 0 Å². The maximum atomic E-state index is 4.88. The highest BCUT2D eigenvalue weighted by molar-refractivity contribution is 5.87. The Kier molecular flexibility index (Phi) is 5.36. The number of rotatable bonds is 6. The van der Waals surface area contributed by atoms with Crippen LogP contribution in [-0.2, 0) is 0 Å². The van der Waals surface area contributed by atoms with Crippen LogP contribution in [0.4, 0.5) is 0 Å². The van der Waals surface area contributed by atoms with E-state index in [2.05, 4.69) is 43.5 Å². The summed E-state index contributed by atoms with van der Waals surface area (Å²) in [5.41, 5.74) is 5.97. The van der Waals surface area contributed by atoms with E-state index in [1.807, 2.05) is 56.0 Å². The van der Waals surface area contributed by atoms with E-state index in [0.717, 1.165) is 44.5 Å². The minimum absolute atomic E-state index is 0.662. The lowest BCUT2D eigenvalue weighted by Crippen LogP contribution is -2.23. The highest BCUT2D eigenvalue weighted by Crippen LogP contribution is 2.22. The van der Waals surface area contributed by atoms with Gasteiger partial charge in [0.15, 0.2) is 5.82 Å². The third-order valence-electron chi connectivity index (χ3n) is 4.93. The predicted octanol–water partition coefficient (Wildman–Crippen LogP) is 2.71. The van der Waals surface area contributed by atoms with Crippen LogP contribution in [0.1, 0.15) is 29.6 Å². The highest BCUT2D eigenvalue weighted by Gasteiger charge is 2.17. The first-order valence-electron chi connectivity index (χ1n) is 9.83. The van der Waals surface area contributed by atoms with Crippen LogP contribution in [0, 0.1) is 13.8 Å². The van der Waals surface area contributed by atoms with Crippen molar-refractivity contribution in [3.8, 4) is 11.5 Å². The molecule has 0 aliphatic heterocycles. The molecule has 31 heavy (non-hydrogen) atoms. The second-order valence-electron chi connectivity index (χ2n) is 7.11. The monoisotopic (exact) mass is 412 g/mol. The minimum atomic E-state index is 0.662. The molecule has 0 fully saturated rings. The van der Waals surface area contributed by atoms with E-state index in [4.69, 9.17) is 4.98 Å². The Balaban J connectivity index is 1.84. The van der Waals surface area contributed by atoms with Gasteiger partial charge in [0.05, 0.1) is 29.3 Å². The van der Waals surface area contributed by atoms with Crippen molar-refractivity contribution in [2.75, 3.05) is 0 Å². The fourth-order valence-electron chi connectivity index (χ4n) is 3.37. The predicted molar refractivity (Wildman–Crippen MR) is 123 cm³/mol. The second kappa shape index (κ2) is 8.27. The van der Waals surface area contributed by atoms with Crippen molar-refractivity contribution in [3.63, 3.8) is 0 Å². The number of imidazole rings is 2. The molecule has 0 saturated carbocycles. The summed E-state index contributed by atoms with van der Waals surface area (Å²) in [7, 11) is 0. The molecule has 4 aromatic heterocycles. The van der Waals surface area contributed by atoms with Gasteiger partial charge in [-0.25, -0.2) is 9.97 Å². The van der Waals surface area contributed by atoms with Gasteiger partial charge in [-0.15, -0.1) is 0 Å². The molecule has 0 aromatic carbocycles. The molecule has 0 atom stereocenters. The fraction of sp³-hybridized carbons (Fsp3) is 0.130. The third kappa shape index (κ3) is 3.83. The quantitative estimate of drug-likeness (QED) is 0.424. The Hall–Kier alpha value is -4.20. The Morgan fingerprint density at radius 2 is 2.10 bits per heavy atom. The topological polar surface area (TPSA) is 104 Å². The van der Waals surface area contributed by atoms with Gasteiger partial charge in [-0.3, -0.25) is 10.2 Å². The molecule has 3 N–H and O–H groups in total. The number of hydrogen-bond donors (Lipinski definition) is 3. The van der Waals surface area contributed by atoms with Gasteiger partial charge in [-0.05, 0) is 38.5 Å². The Labute approximate surface area is 179 Å². The van der Waals surface area contributed by atoms with Crippen molar-refractivity contribution in [3.05, 3.63) is 83.4 Å². The van der Waals surface area contributed by atoms with Gasteiger partial charge in [0.2, 0.25) is 0 Å². The molecule has 8 heteroatoms. The summed E-state index contributed by atoms with van der Waals surface area (Å²) in [5.74, 6) is 0.662. The van der Waals surface area contributed by atoms with Crippen LogP contribution in [0.5, 0.6) is 0 Å². The van der Waals surface area contributed by atoms with Crippen molar-refractivity contribution in [2.45, 2.75) is 20.8 Å². The number of aromatic nitrogens is 8. The van der Waals surface area contributed by atoms with E-state index >= 15 is 0 Å². The number of allylic oxidation sites excluding steroid dienone is 3. The molecular weight excluding hydrogens is 388 g/mol. The van der Waals surface area contributed by atoms with Crippen LogP contribution < -0.4 is 10.6 Å². The van der Waals surface area contributed by atoms with E-state index in [1.165, 1.54) is 0 Å². The van der Waals surface area contributed by atoms with Gasteiger partial charge in [0.25, 0.3) is 0 Å². The molecule has 4 heterocycles. The van der Waals surface area contributed by atoms with E-state index in [1.54, 1.807) is 18.6 Å². The summed E-state index contributed by atoms with van der Waals surface area (Å²) in [6.07, 6.45) is 14.9. The van der Waals surface area contributed by atoms with Crippen LogP contribution >= 0.6 is 0 Å². The number of hydrogen-bond acceptors (Lipinski definition) is 4. The smallest absolute Gasteiger partial charge is 0.159 e. The lowest BCUT2D eigenvalue weighted by atomic mass is 10.1. The SMILES string of the molecule is C=C/C=C(\c1nc(-c2n[nH]c(=C/C)/c2=C\C(=C)c2cn[nH]c2)[nH]c1C)n1cnc(C)c1. The van der Waals surface area contributed by atoms with Crippen molar-refractivity contribution in [2.24, 2.45) is 0 Å². The van der Waals surface area contributed by atoms with Gasteiger partial charge in [-0.1, -0.05) is 25.3 Å². The first-order valence-corrected chi connectivity index (χ1v) is 9.83. The molecule has 156 valence electrons. The van der Waals surface area contributed by atoms with Crippen molar-refractivity contribution in [1.29, 1.82) is 0 Å². The lowest BCUT2D eigenvalue weighted by Gasteiger charge is -2.05. The van der Waals surface area contributed by atoms with Gasteiger partial charge < -0.3 is 9.55 Å². The maximum Gasteiger partial charge on any atom is 0.159 e. The van der Waals surface area contributed by atoms with E-state index in [-0.39, 0.29) is 0 Å². The zero-order valence-corrected chi connectivity index (χ0v) is 17.8. The summed E-state index contributed by atoms with van der Waals surface area (Å²) in [6, 6.07) is 0. The molecule has 8 nitrogen and oxygen atoms in total. The summed E-state index contributed by atoms with van der Waals surface area (Å²) in [4.78, 5) is 12.6. The average molecular weight is 413 g/mol. The molecule has 4 rings (SSSR count). The molecule has 0 aliphatic carbocycles. The minimum Gasteiger partial charge on any atom is -0.340 e. The molecular formula is C23H24N8. The Morgan fingerprint density at radius 3 is 2.74 bits per heavy atom. The van der Waals surface area contributed by atoms with Crippen LogP contribution in [-0.4, -0.2) is 39.9 Å². The zero-order valence-electron chi connectivity index (χ0n) is 17.8. The largest absolute Gasteiger partial charge is 0.340 e. The summed E-state index contributed by atoms with van der Waals surface area (Å²) >= 11 is 0. The van der Waals surface area contributed by atoms with E-state index in [9.17, 15) is 0 Å². The average Bonchev–Trinajstić information content (AvgIpc) is 3.53. The number of aromatic amines is 3. The number of nitrogens with zero attached hydrogens (tertiary/aromatic N) is 5. The van der Waals surface area contributed by atoms with Crippen molar-refractivity contribution in [1.82, 2.24) is 39.9 Å². The number of aryl methyl sites for hydroxylation is 2. The third-order valence-corrected chi connectivity index (χ3v) is 4.93. The zero-order chi connectivity index (χ0) is 22.0. The molecule has 0 radical (unpaired) electrons. The molecule has 0 unspecified atom stereocenters. The van der Waals surface area contributed by atoms with E-state index in [0.29, 0.717) is 11.5 Å². The van der Waals surface area contributed by atoms with Crippen molar-refractivity contribution >= 4 is 23.4 Å². The standard InChI is InChI=1S/C23H24N8/c1-6-8-20(31-12-15(4)24-13-31)21-16(5)27-23(28-21)22-18(19(7-2)29-30-22)9-14(3)17-10-25-26-11-17/h6-13,29H,1,3H2,2,4-5H3,(H,25,26)(H,27,28)/b18-9+,19-7+,20-8+. The fourth-order valence-corrected chi connectivity index (χ4v) is 3.37. The number of H-pyrrole nitrogens is 3. The number of nitrogens with one attached hydrogen (secondary N) is 3. The van der Waals surface area contributed by atoms with Gasteiger partial charge in [0.1, 0.15) is 11.4 Å². The van der Waals surface area contributed by atoms with Gasteiger partial charge in [0, 0.05) is 28.9 Å². The summed E-state index contributed by atoms with van der Waals surface area (Å²) < 4.78 is 1.94. The second-order valence-corrected chi connectivity index (χ2v) is 7.11. The molecule has 4 aromatic rings. The molecule has 0 spiro atoms. The lowest BCUT2D eigenvalue weighted by molar-refractivity contribution is 1.05. The molecule has 0 aliphatic rings.